The van der Waals surface area contributed by atoms with Gasteiger partial charge in [0.1, 0.15) is 0 Å². The number of benzene rings is 1. The van der Waals surface area contributed by atoms with Crippen molar-refractivity contribution in [1.82, 2.24) is 10.2 Å². The van der Waals surface area contributed by atoms with E-state index in [1.54, 1.807) is 4.90 Å². The molecule has 116 valence electrons. The lowest BCUT2D eigenvalue weighted by Gasteiger charge is -2.23. The van der Waals surface area contributed by atoms with Crippen LogP contribution in [0.3, 0.4) is 0 Å². The summed E-state index contributed by atoms with van der Waals surface area (Å²) < 4.78 is 37.8. The number of rotatable bonds is 7. The minimum atomic E-state index is -4.11. The fourth-order valence-electron chi connectivity index (χ4n) is 2.53. The van der Waals surface area contributed by atoms with Gasteiger partial charge in [0.15, 0.2) is 0 Å². The van der Waals surface area contributed by atoms with Gasteiger partial charge in [0.25, 0.3) is 0 Å². The van der Waals surface area contributed by atoms with Gasteiger partial charge < -0.3 is 5.32 Å². The molecule has 0 aromatic heterocycles. The third-order valence-electron chi connectivity index (χ3n) is 4.03. The number of hydrogen-bond donors (Lipinski definition) is 1. The summed E-state index contributed by atoms with van der Waals surface area (Å²) in [6.45, 7) is 0.434. The van der Waals surface area contributed by atoms with E-state index in [2.05, 4.69) is 5.32 Å². The molecule has 0 saturated heterocycles. The van der Waals surface area contributed by atoms with Crippen LogP contribution >= 0.6 is 0 Å². The molecule has 2 aliphatic carbocycles. The van der Waals surface area contributed by atoms with E-state index in [1.807, 2.05) is 24.3 Å². The van der Waals surface area contributed by atoms with Crippen LogP contribution < -0.4 is 5.32 Å². The van der Waals surface area contributed by atoms with Crippen molar-refractivity contribution < 1.29 is 13.2 Å². The standard InChI is InChI=1S/C16H21F3N2/c17-16(18,19)11-21(15-7-8-15)10-13-3-1-12(2-4-13)9-20-14-5-6-14/h1-4,14-15,20H,5-11H2. The van der Waals surface area contributed by atoms with Crippen molar-refractivity contribution in [3.63, 3.8) is 0 Å². The third kappa shape index (κ3) is 5.00. The topological polar surface area (TPSA) is 15.3 Å². The van der Waals surface area contributed by atoms with Gasteiger partial charge in [-0.05, 0) is 36.8 Å². The summed E-state index contributed by atoms with van der Waals surface area (Å²) in [4.78, 5) is 1.55. The molecule has 2 fully saturated rings. The van der Waals surface area contributed by atoms with Crippen LogP contribution in [0.5, 0.6) is 0 Å². The van der Waals surface area contributed by atoms with Crippen LogP contribution in [-0.4, -0.2) is 29.7 Å². The Kier molecular flexibility index (Phi) is 4.22. The summed E-state index contributed by atoms with van der Waals surface area (Å²) in [7, 11) is 0. The lowest BCUT2D eigenvalue weighted by Crippen LogP contribution is -2.35. The molecule has 0 bridgehead atoms. The number of alkyl halides is 3. The zero-order valence-electron chi connectivity index (χ0n) is 12.0. The summed E-state index contributed by atoms with van der Waals surface area (Å²) in [6.07, 6.45) is 0.174. The average Bonchev–Trinajstić information content (AvgIpc) is 3.26. The molecule has 2 nitrogen and oxygen atoms in total. The van der Waals surface area contributed by atoms with E-state index in [-0.39, 0.29) is 6.04 Å². The van der Waals surface area contributed by atoms with Gasteiger partial charge >= 0.3 is 6.18 Å². The SMILES string of the molecule is FC(F)(F)CN(Cc1ccc(CNC2CC2)cc1)C1CC1. The first-order chi connectivity index (χ1) is 9.99. The number of nitrogens with zero attached hydrogens (tertiary/aromatic N) is 1. The van der Waals surface area contributed by atoms with E-state index >= 15 is 0 Å². The van der Waals surface area contributed by atoms with E-state index in [1.165, 1.54) is 18.4 Å². The molecule has 0 aliphatic heterocycles. The van der Waals surface area contributed by atoms with Gasteiger partial charge in [-0.15, -0.1) is 0 Å². The molecule has 0 heterocycles. The maximum absolute atomic E-state index is 12.6. The Morgan fingerprint density at radius 2 is 1.62 bits per heavy atom. The second kappa shape index (κ2) is 5.97. The van der Waals surface area contributed by atoms with Crippen LogP contribution in [0.2, 0.25) is 0 Å². The van der Waals surface area contributed by atoms with Crippen LogP contribution in [0.1, 0.15) is 36.8 Å². The molecule has 1 aromatic carbocycles. The molecular weight excluding hydrogens is 277 g/mol. The van der Waals surface area contributed by atoms with E-state index in [4.69, 9.17) is 0 Å². The fourth-order valence-corrected chi connectivity index (χ4v) is 2.53. The highest BCUT2D eigenvalue weighted by Gasteiger charge is 2.37. The van der Waals surface area contributed by atoms with Gasteiger partial charge in [0.2, 0.25) is 0 Å². The first kappa shape index (κ1) is 14.9. The first-order valence-electron chi connectivity index (χ1n) is 7.61. The van der Waals surface area contributed by atoms with Crippen molar-refractivity contribution in [2.45, 2.75) is 57.0 Å². The zero-order valence-corrected chi connectivity index (χ0v) is 12.0. The van der Waals surface area contributed by atoms with Crippen LogP contribution in [0, 0.1) is 0 Å². The lowest BCUT2D eigenvalue weighted by molar-refractivity contribution is -0.148. The minimum absolute atomic E-state index is 0.114. The lowest BCUT2D eigenvalue weighted by atomic mass is 10.1. The number of nitrogens with one attached hydrogen (secondary N) is 1. The van der Waals surface area contributed by atoms with Gasteiger partial charge in [0.05, 0.1) is 6.54 Å². The molecule has 5 heteroatoms. The largest absolute Gasteiger partial charge is 0.401 e. The Bertz CT molecular complexity index is 461. The van der Waals surface area contributed by atoms with Gasteiger partial charge in [-0.1, -0.05) is 24.3 Å². The quantitative estimate of drug-likeness (QED) is 0.829. The Balaban J connectivity index is 1.54. The molecule has 0 spiro atoms. The normalized spacial score (nSPS) is 19.2. The minimum Gasteiger partial charge on any atom is -0.310 e. The molecular formula is C16H21F3N2. The molecule has 0 atom stereocenters. The molecule has 1 N–H and O–H groups in total. The van der Waals surface area contributed by atoms with Crippen molar-refractivity contribution in [2.75, 3.05) is 6.54 Å². The van der Waals surface area contributed by atoms with Gasteiger partial charge in [-0.2, -0.15) is 13.2 Å². The van der Waals surface area contributed by atoms with E-state index < -0.39 is 12.7 Å². The zero-order chi connectivity index (χ0) is 14.9. The summed E-state index contributed by atoms with van der Waals surface area (Å²) in [5.41, 5.74) is 2.15. The Labute approximate surface area is 123 Å². The van der Waals surface area contributed by atoms with Crippen LogP contribution in [0.15, 0.2) is 24.3 Å². The maximum atomic E-state index is 12.6. The van der Waals surface area contributed by atoms with E-state index in [9.17, 15) is 13.2 Å². The second-order valence-corrected chi connectivity index (χ2v) is 6.22. The average molecular weight is 298 g/mol. The van der Waals surface area contributed by atoms with Gasteiger partial charge in [0, 0.05) is 25.2 Å². The summed E-state index contributed by atoms with van der Waals surface area (Å²) in [5.74, 6) is 0. The number of halogens is 3. The second-order valence-electron chi connectivity index (χ2n) is 6.22. The van der Waals surface area contributed by atoms with Crippen LogP contribution in [-0.2, 0) is 13.1 Å². The highest BCUT2D eigenvalue weighted by atomic mass is 19.4. The first-order valence-corrected chi connectivity index (χ1v) is 7.61. The molecule has 0 unspecified atom stereocenters. The summed E-state index contributed by atoms with van der Waals surface area (Å²) in [6, 6.07) is 8.72. The van der Waals surface area contributed by atoms with E-state index in [0.29, 0.717) is 12.6 Å². The Morgan fingerprint density at radius 3 is 2.14 bits per heavy atom. The number of hydrogen-bond acceptors (Lipinski definition) is 2. The maximum Gasteiger partial charge on any atom is 0.401 e. The van der Waals surface area contributed by atoms with Crippen LogP contribution in [0.4, 0.5) is 13.2 Å². The van der Waals surface area contributed by atoms with Crippen molar-refractivity contribution in [2.24, 2.45) is 0 Å². The molecule has 21 heavy (non-hydrogen) atoms. The van der Waals surface area contributed by atoms with Crippen molar-refractivity contribution in [1.29, 1.82) is 0 Å². The highest BCUT2D eigenvalue weighted by Crippen LogP contribution is 2.31. The molecule has 2 aliphatic rings. The molecule has 0 amide bonds. The predicted molar refractivity (Wildman–Crippen MR) is 75.8 cm³/mol. The van der Waals surface area contributed by atoms with E-state index in [0.717, 1.165) is 24.9 Å². The van der Waals surface area contributed by atoms with Crippen LogP contribution in [0.25, 0.3) is 0 Å². The van der Waals surface area contributed by atoms with Crippen molar-refractivity contribution in [3.05, 3.63) is 35.4 Å². The third-order valence-corrected chi connectivity index (χ3v) is 4.03. The van der Waals surface area contributed by atoms with Gasteiger partial charge in [-0.3, -0.25) is 4.90 Å². The fraction of sp³-hybridized carbons (Fsp3) is 0.625. The smallest absolute Gasteiger partial charge is 0.310 e. The van der Waals surface area contributed by atoms with Gasteiger partial charge in [-0.25, -0.2) is 0 Å². The highest BCUT2D eigenvalue weighted by molar-refractivity contribution is 5.23. The molecule has 2 saturated carbocycles. The molecule has 3 rings (SSSR count). The Morgan fingerprint density at radius 1 is 1.00 bits per heavy atom. The molecule has 0 radical (unpaired) electrons. The molecule has 1 aromatic rings. The van der Waals surface area contributed by atoms with Crippen molar-refractivity contribution in [3.8, 4) is 0 Å². The summed E-state index contributed by atoms with van der Waals surface area (Å²) in [5, 5.41) is 3.43. The summed E-state index contributed by atoms with van der Waals surface area (Å²) >= 11 is 0. The van der Waals surface area contributed by atoms with Crippen molar-refractivity contribution >= 4 is 0 Å². The predicted octanol–water partition coefficient (Wildman–Crippen LogP) is 3.47. The Hall–Kier alpha value is -1.07. The monoisotopic (exact) mass is 298 g/mol.